The van der Waals surface area contributed by atoms with Gasteiger partial charge in [0.05, 0.1) is 11.1 Å². The quantitative estimate of drug-likeness (QED) is 0.389. The van der Waals surface area contributed by atoms with Crippen LogP contribution in [0.25, 0.3) is 10.9 Å². The van der Waals surface area contributed by atoms with Crippen LogP contribution in [0.5, 0.6) is 0 Å². The molecule has 35 heavy (non-hydrogen) atoms. The molecule has 0 spiro atoms. The first-order chi connectivity index (χ1) is 16.9. The summed E-state index contributed by atoms with van der Waals surface area (Å²) in [7, 11) is 0. The minimum absolute atomic E-state index is 0.177. The summed E-state index contributed by atoms with van der Waals surface area (Å²) >= 11 is 0. The third-order valence-electron chi connectivity index (χ3n) is 6.70. The first kappa shape index (κ1) is 22.6. The van der Waals surface area contributed by atoms with Gasteiger partial charge in [-0.2, -0.15) is 0 Å². The predicted molar refractivity (Wildman–Crippen MR) is 139 cm³/mol. The number of fused-ring (bicyclic) bond motifs is 1. The maximum Gasteiger partial charge on any atom is 0.336 e. The normalized spacial score (nSPS) is 15.4. The zero-order valence-corrected chi connectivity index (χ0v) is 19.8. The lowest BCUT2D eigenvalue weighted by Gasteiger charge is -2.20. The lowest BCUT2D eigenvalue weighted by Crippen LogP contribution is -2.21. The second kappa shape index (κ2) is 9.22. The number of benzene rings is 3. The van der Waals surface area contributed by atoms with Crippen LogP contribution in [0.2, 0.25) is 0 Å². The molecule has 4 aromatic rings. The molecule has 6 nitrogen and oxygen atoms in total. The van der Waals surface area contributed by atoms with Crippen molar-refractivity contribution in [1.29, 1.82) is 0 Å². The van der Waals surface area contributed by atoms with Crippen LogP contribution in [-0.4, -0.2) is 35.1 Å². The van der Waals surface area contributed by atoms with Crippen LogP contribution < -0.4 is 10.2 Å². The Labute approximate surface area is 204 Å². The molecule has 0 saturated carbocycles. The summed E-state index contributed by atoms with van der Waals surface area (Å²) in [5.41, 5.74) is 5.45. The minimum atomic E-state index is -1.02. The molecule has 1 aliphatic rings. The topological polar surface area (TPSA) is 82.5 Å². The van der Waals surface area contributed by atoms with E-state index in [2.05, 4.69) is 35.3 Å². The van der Waals surface area contributed by atoms with Crippen LogP contribution in [0.3, 0.4) is 0 Å². The van der Waals surface area contributed by atoms with Crippen molar-refractivity contribution >= 4 is 34.3 Å². The molecule has 5 rings (SSSR count). The van der Waals surface area contributed by atoms with E-state index < -0.39 is 5.97 Å². The van der Waals surface area contributed by atoms with E-state index in [9.17, 15) is 14.7 Å². The summed E-state index contributed by atoms with van der Waals surface area (Å²) in [5.74, 6) is -0.201. The van der Waals surface area contributed by atoms with Gasteiger partial charge in [-0.05, 0) is 67.8 Å². The Morgan fingerprint density at radius 3 is 2.60 bits per heavy atom. The van der Waals surface area contributed by atoms with Crippen molar-refractivity contribution in [3.8, 4) is 0 Å². The maximum atomic E-state index is 12.7. The molecule has 1 aliphatic heterocycles. The lowest BCUT2D eigenvalue weighted by atomic mass is 9.94. The van der Waals surface area contributed by atoms with Crippen LogP contribution in [0.15, 0.2) is 72.8 Å². The Kier molecular flexibility index (Phi) is 5.95. The molecule has 1 atom stereocenters. The fourth-order valence-electron chi connectivity index (χ4n) is 4.89. The maximum absolute atomic E-state index is 12.7. The summed E-state index contributed by atoms with van der Waals surface area (Å²) in [6.07, 6.45) is 0.997. The average molecular weight is 466 g/mol. The number of aryl methyl sites for hydroxylation is 2. The van der Waals surface area contributed by atoms with E-state index in [1.54, 1.807) is 30.3 Å². The van der Waals surface area contributed by atoms with E-state index in [0.717, 1.165) is 25.1 Å². The van der Waals surface area contributed by atoms with Crippen LogP contribution in [0.4, 0.5) is 11.5 Å². The highest BCUT2D eigenvalue weighted by atomic mass is 16.4. The van der Waals surface area contributed by atoms with E-state index in [0.29, 0.717) is 33.9 Å². The Morgan fingerprint density at radius 1 is 1.00 bits per heavy atom. The number of carboxylic acids is 1. The third kappa shape index (κ3) is 4.60. The molecule has 0 bridgehead atoms. The monoisotopic (exact) mass is 465 g/mol. The van der Waals surface area contributed by atoms with Crippen molar-refractivity contribution in [3.63, 3.8) is 0 Å². The van der Waals surface area contributed by atoms with Gasteiger partial charge in [0.25, 0.3) is 5.91 Å². The highest BCUT2D eigenvalue weighted by Crippen LogP contribution is 2.33. The number of carbonyl (C=O) groups is 2. The Hall–Kier alpha value is -4.19. The van der Waals surface area contributed by atoms with Crippen LogP contribution >= 0.6 is 0 Å². The van der Waals surface area contributed by atoms with E-state index in [-0.39, 0.29) is 11.5 Å². The number of nitrogens with zero attached hydrogens (tertiary/aromatic N) is 2. The number of hydrogen-bond donors (Lipinski definition) is 2. The van der Waals surface area contributed by atoms with Crippen molar-refractivity contribution in [3.05, 3.63) is 101 Å². The molecule has 0 aliphatic carbocycles. The number of hydrogen-bond acceptors (Lipinski definition) is 4. The summed E-state index contributed by atoms with van der Waals surface area (Å²) in [6, 6.07) is 22.6. The van der Waals surface area contributed by atoms with Crippen molar-refractivity contribution in [2.24, 2.45) is 0 Å². The minimum Gasteiger partial charge on any atom is -0.478 e. The Morgan fingerprint density at radius 2 is 1.83 bits per heavy atom. The Balaban J connectivity index is 1.43. The summed E-state index contributed by atoms with van der Waals surface area (Å²) in [4.78, 5) is 31.8. The second-order valence-corrected chi connectivity index (χ2v) is 9.18. The number of nitrogens with one attached hydrogen (secondary N) is 1. The van der Waals surface area contributed by atoms with E-state index >= 15 is 0 Å². The predicted octanol–water partition coefficient (Wildman–Crippen LogP) is 5.80. The fraction of sp³-hybridized carbons (Fsp3) is 0.207. The van der Waals surface area contributed by atoms with Crippen molar-refractivity contribution in [2.75, 3.05) is 23.3 Å². The van der Waals surface area contributed by atoms with E-state index in [4.69, 9.17) is 4.98 Å². The number of carbonyl (C=O) groups excluding carboxylic acids is 1. The van der Waals surface area contributed by atoms with Crippen molar-refractivity contribution in [2.45, 2.75) is 26.2 Å². The van der Waals surface area contributed by atoms with Crippen molar-refractivity contribution < 1.29 is 14.7 Å². The van der Waals surface area contributed by atoms with Crippen molar-refractivity contribution in [1.82, 2.24) is 4.98 Å². The fourth-order valence-corrected chi connectivity index (χ4v) is 4.89. The number of aromatic carboxylic acids is 1. The SMILES string of the molecule is Cc1cccc(C(=O)Nc2ccc3nc(N4CC[C@@H](c5ccccc5C)C4)cc(C(=O)O)c3c2)c1. The van der Waals surface area contributed by atoms with Crippen LogP contribution in [-0.2, 0) is 0 Å². The van der Waals surface area contributed by atoms with Gasteiger partial charge in [0.15, 0.2) is 0 Å². The molecule has 6 heteroatoms. The highest BCUT2D eigenvalue weighted by Gasteiger charge is 2.27. The van der Waals surface area contributed by atoms with Crippen LogP contribution in [0, 0.1) is 13.8 Å². The van der Waals surface area contributed by atoms with Gasteiger partial charge < -0.3 is 15.3 Å². The van der Waals surface area contributed by atoms with Gasteiger partial charge in [-0.15, -0.1) is 0 Å². The van der Waals surface area contributed by atoms with Gasteiger partial charge >= 0.3 is 5.97 Å². The van der Waals surface area contributed by atoms with Crippen LogP contribution in [0.1, 0.15) is 49.7 Å². The number of amides is 1. The van der Waals surface area contributed by atoms with Gasteiger partial charge in [0.2, 0.25) is 0 Å². The van der Waals surface area contributed by atoms with E-state index in [1.807, 2.05) is 31.2 Å². The number of carboxylic acid groups (broad SMARTS) is 1. The molecule has 2 N–H and O–H groups in total. The zero-order chi connectivity index (χ0) is 24.5. The molecular formula is C29H27N3O3. The summed E-state index contributed by atoms with van der Waals surface area (Å²) < 4.78 is 0. The largest absolute Gasteiger partial charge is 0.478 e. The molecule has 1 amide bonds. The van der Waals surface area contributed by atoms with Gasteiger partial charge in [-0.3, -0.25) is 4.79 Å². The molecule has 0 radical (unpaired) electrons. The van der Waals surface area contributed by atoms with Gasteiger partial charge in [-0.25, -0.2) is 9.78 Å². The molecule has 3 aromatic carbocycles. The number of aromatic nitrogens is 1. The molecule has 1 saturated heterocycles. The lowest BCUT2D eigenvalue weighted by molar-refractivity contribution is 0.0698. The Bertz CT molecular complexity index is 1450. The smallest absolute Gasteiger partial charge is 0.336 e. The number of anilines is 2. The first-order valence-corrected chi connectivity index (χ1v) is 11.8. The zero-order valence-electron chi connectivity index (χ0n) is 19.8. The molecule has 176 valence electrons. The molecule has 1 aromatic heterocycles. The molecule has 0 unspecified atom stereocenters. The summed E-state index contributed by atoms with van der Waals surface area (Å²) in [5, 5.41) is 13.3. The second-order valence-electron chi connectivity index (χ2n) is 9.18. The highest BCUT2D eigenvalue weighted by molar-refractivity contribution is 6.08. The third-order valence-corrected chi connectivity index (χ3v) is 6.70. The van der Waals surface area contributed by atoms with Gasteiger partial charge in [-0.1, -0.05) is 42.0 Å². The number of pyridine rings is 1. The number of rotatable bonds is 5. The standard InChI is InChI=1S/C29H27N3O3/c1-18-6-5-8-20(14-18)28(33)30-22-10-11-26-24(15-22)25(29(34)35)16-27(31-26)32-13-12-21(17-32)23-9-4-3-7-19(23)2/h3-11,14-16,21H,12-13,17H2,1-2H3,(H,30,33)(H,34,35)/t21-/m1/s1. The summed E-state index contributed by atoms with van der Waals surface area (Å²) in [6.45, 7) is 5.68. The van der Waals surface area contributed by atoms with Gasteiger partial charge in [0, 0.05) is 35.6 Å². The molecular weight excluding hydrogens is 438 g/mol. The average Bonchev–Trinajstić information content (AvgIpc) is 3.33. The molecule has 2 heterocycles. The van der Waals surface area contributed by atoms with E-state index in [1.165, 1.54) is 11.1 Å². The first-order valence-electron chi connectivity index (χ1n) is 11.8. The van der Waals surface area contributed by atoms with Gasteiger partial charge in [0.1, 0.15) is 5.82 Å². The molecule has 1 fully saturated rings.